The summed E-state index contributed by atoms with van der Waals surface area (Å²) in [7, 11) is -4.24. The normalized spacial score (nSPS) is 14.5. The molecule has 0 fully saturated rings. The van der Waals surface area contributed by atoms with E-state index in [1.54, 1.807) is 0 Å². The zero-order valence-corrected chi connectivity index (χ0v) is 17.2. The van der Waals surface area contributed by atoms with Crippen LogP contribution in [0.15, 0.2) is 0 Å². The Morgan fingerprint density at radius 3 is 1.58 bits per heavy atom. The van der Waals surface area contributed by atoms with Crippen molar-refractivity contribution in [2.24, 2.45) is 5.41 Å². The van der Waals surface area contributed by atoms with E-state index >= 15 is 0 Å². The lowest BCUT2D eigenvalue weighted by molar-refractivity contribution is -0.0340. The molecule has 0 aromatic carbocycles. The lowest BCUT2D eigenvalue weighted by Crippen LogP contribution is -2.38. The molecule has 26 heavy (non-hydrogen) atoms. The van der Waals surface area contributed by atoms with Crippen LogP contribution in [0.2, 0.25) is 0 Å². The molecule has 1 atom stereocenters. The van der Waals surface area contributed by atoms with Gasteiger partial charge >= 0.3 is 7.82 Å². The summed E-state index contributed by atoms with van der Waals surface area (Å²) in [5.74, 6) is 0. The van der Waals surface area contributed by atoms with Crippen LogP contribution in [-0.4, -0.2) is 53.2 Å². The van der Waals surface area contributed by atoms with Crippen LogP contribution < -0.4 is 0 Å². The lowest BCUT2D eigenvalue weighted by Gasteiger charge is -2.27. The van der Waals surface area contributed by atoms with Crippen LogP contribution in [0.4, 0.5) is 0 Å². The summed E-state index contributed by atoms with van der Waals surface area (Å²) in [5.41, 5.74) is -1.35. The maximum absolute atomic E-state index is 11.8. The SMILES string of the molecule is CCCCCCCCCCCCCOP(=O)(O)OCC(CO)(CO)CO. The standard InChI is InChI=1S/C18H39O7P/c1-2-3-4-5-6-7-8-9-10-11-12-13-24-26(22,23)25-17-18(14-19,15-20)16-21/h19-21H,2-17H2,1H3,(H,22,23). The largest absolute Gasteiger partial charge is 0.472 e. The number of aliphatic hydroxyl groups is 3. The molecule has 0 saturated heterocycles. The topological polar surface area (TPSA) is 116 Å². The summed E-state index contributed by atoms with van der Waals surface area (Å²) >= 11 is 0. The van der Waals surface area contributed by atoms with Crippen molar-refractivity contribution in [2.45, 2.75) is 77.6 Å². The first kappa shape index (κ1) is 26.0. The fourth-order valence-corrected chi connectivity index (χ4v) is 3.36. The van der Waals surface area contributed by atoms with Crippen LogP contribution in [-0.2, 0) is 13.6 Å². The van der Waals surface area contributed by atoms with Crippen LogP contribution in [0.25, 0.3) is 0 Å². The smallest absolute Gasteiger partial charge is 0.396 e. The van der Waals surface area contributed by atoms with Crippen molar-refractivity contribution in [1.82, 2.24) is 0 Å². The molecule has 0 rings (SSSR count). The van der Waals surface area contributed by atoms with Crippen molar-refractivity contribution in [3.05, 3.63) is 0 Å². The molecule has 8 heteroatoms. The second-order valence-electron chi connectivity index (χ2n) is 7.09. The molecule has 0 heterocycles. The molecule has 1 unspecified atom stereocenters. The molecule has 0 aliphatic heterocycles. The average Bonchev–Trinajstić information content (AvgIpc) is 2.64. The first-order chi connectivity index (χ1) is 12.4. The van der Waals surface area contributed by atoms with Crippen molar-refractivity contribution in [2.75, 3.05) is 33.0 Å². The van der Waals surface area contributed by atoms with Gasteiger partial charge in [-0.25, -0.2) is 4.57 Å². The summed E-state index contributed by atoms with van der Waals surface area (Å²) in [6.07, 6.45) is 13.0. The highest BCUT2D eigenvalue weighted by Crippen LogP contribution is 2.44. The van der Waals surface area contributed by atoms with Crippen LogP contribution in [0.1, 0.15) is 77.6 Å². The van der Waals surface area contributed by atoms with Gasteiger partial charge in [0.1, 0.15) is 0 Å². The molecular weight excluding hydrogens is 359 g/mol. The molecule has 158 valence electrons. The molecule has 7 nitrogen and oxygen atoms in total. The van der Waals surface area contributed by atoms with E-state index < -0.39 is 39.7 Å². The van der Waals surface area contributed by atoms with E-state index in [2.05, 4.69) is 6.92 Å². The van der Waals surface area contributed by atoms with Gasteiger partial charge < -0.3 is 20.2 Å². The monoisotopic (exact) mass is 398 g/mol. The van der Waals surface area contributed by atoms with E-state index in [4.69, 9.17) is 24.4 Å². The molecule has 0 aliphatic rings. The number of aliphatic hydroxyl groups excluding tert-OH is 3. The Morgan fingerprint density at radius 1 is 0.731 bits per heavy atom. The minimum absolute atomic E-state index is 0.120. The highest BCUT2D eigenvalue weighted by atomic mass is 31.2. The molecule has 0 spiro atoms. The van der Waals surface area contributed by atoms with Crippen molar-refractivity contribution >= 4 is 7.82 Å². The Hall–Kier alpha value is -0.0100. The molecule has 0 saturated carbocycles. The van der Waals surface area contributed by atoms with E-state index in [0.717, 1.165) is 12.8 Å². The fraction of sp³-hybridized carbons (Fsp3) is 1.00. The Bertz CT molecular complexity index is 353. The summed E-state index contributed by atoms with van der Waals surface area (Å²) in [6, 6.07) is 0. The molecular formula is C18H39O7P. The van der Waals surface area contributed by atoms with E-state index in [9.17, 15) is 9.46 Å². The highest BCUT2D eigenvalue weighted by Gasteiger charge is 2.33. The second kappa shape index (κ2) is 16.0. The van der Waals surface area contributed by atoms with Gasteiger partial charge in [-0.05, 0) is 6.42 Å². The van der Waals surface area contributed by atoms with Crippen molar-refractivity contribution in [1.29, 1.82) is 0 Å². The third kappa shape index (κ3) is 13.2. The van der Waals surface area contributed by atoms with Gasteiger partial charge in [0.2, 0.25) is 0 Å². The van der Waals surface area contributed by atoms with Gasteiger partial charge in [0.05, 0.1) is 38.4 Å². The fourth-order valence-electron chi connectivity index (χ4n) is 2.49. The number of phosphoric ester groups is 1. The van der Waals surface area contributed by atoms with E-state index in [1.165, 1.54) is 51.4 Å². The van der Waals surface area contributed by atoms with Gasteiger partial charge in [0, 0.05) is 0 Å². The third-order valence-electron chi connectivity index (χ3n) is 4.54. The van der Waals surface area contributed by atoms with Gasteiger partial charge in [-0.15, -0.1) is 0 Å². The number of unbranched alkanes of at least 4 members (excludes halogenated alkanes) is 10. The Kier molecular flexibility index (Phi) is 16.0. The number of hydrogen-bond donors (Lipinski definition) is 4. The summed E-state index contributed by atoms with van der Waals surface area (Å²) < 4.78 is 21.4. The lowest BCUT2D eigenvalue weighted by atomic mass is 9.93. The molecule has 0 aromatic heterocycles. The van der Waals surface area contributed by atoms with Gasteiger partial charge in [0.15, 0.2) is 0 Å². The van der Waals surface area contributed by atoms with Crippen LogP contribution >= 0.6 is 7.82 Å². The Labute approximate surface area is 158 Å². The molecule has 0 aliphatic carbocycles. The van der Waals surface area contributed by atoms with Gasteiger partial charge in [0.25, 0.3) is 0 Å². The van der Waals surface area contributed by atoms with Crippen LogP contribution in [0.3, 0.4) is 0 Å². The van der Waals surface area contributed by atoms with E-state index in [-0.39, 0.29) is 6.61 Å². The molecule has 4 N–H and O–H groups in total. The average molecular weight is 398 g/mol. The van der Waals surface area contributed by atoms with E-state index in [1.807, 2.05) is 0 Å². The van der Waals surface area contributed by atoms with Gasteiger partial charge in [-0.2, -0.15) is 0 Å². The molecule has 0 amide bonds. The van der Waals surface area contributed by atoms with Crippen LogP contribution in [0, 0.1) is 5.41 Å². The maximum Gasteiger partial charge on any atom is 0.472 e. The Morgan fingerprint density at radius 2 is 1.15 bits per heavy atom. The van der Waals surface area contributed by atoms with E-state index in [0.29, 0.717) is 6.42 Å². The van der Waals surface area contributed by atoms with Crippen molar-refractivity contribution < 1.29 is 33.8 Å². The highest BCUT2D eigenvalue weighted by molar-refractivity contribution is 7.47. The Balaban J connectivity index is 3.63. The van der Waals surface area contributed by atoms with Crippen molar-refractivity contribution in [3.63, 3.8) is 0 Å². The first-order valence-electron chi connectivity index (χ1n) is 9.90. The molecule has 0 aromatic rings. The minimum atomic E-state index is -4.24. The summed E-state index contributed by atoms with van der Waals surface area (Å²) in [6.45, 7) is 0.214. The van der Waals surface area contributed by atoms with Gasteiger partial charge in [-0.1, -0.05) is 71.1 Å². The summed E-state index contributed by atoms with van der Waals surface area (Å²) in [5, 5.41) is 27.4. The third-order valence-corrected chi connectivity index (χ3v) is 5.51. The van der Waals surface area contributed by atoms with Crippen molar-refractivity contribution in [3.8, 4) is 0 Å². The zero-order chi connectivity index (χ0) is 19.7. The first-order valence-corrected chi connectivity index (χ1v) is 11.4. The molecule has 0 bridgehead atoms. The molecule has 0 radical (unpaired) electrons. The zero-order valence-electron chi connectivity index (χ0n) is 16.3. The predicted molar refractivity (Wildman–Crippen MR) is 102 cm³/mol. The number of hydrogen-bond acceptors (Lipinski definition) is 6. The predicted octanol–water partition coefficient (Wildman–Crippen LogP) is 3.39. The second-order valence-corrected chi connectivity index (χ2v) is 8.54. The number of phosphoric acid groups is 1. The van der Waals surface area contributed by atoms with Gasteiger partial charge in [-0.3, -0.25) is 9.05 Å². The number of rotatable bonds is 19. The minimum Gasteiger partial charge on any atom is -0.396 e. The maximum atomic E-state index is 11.8. The quantitative estimate of drug-likeness (QED) is 0.195. The van der Waals surface area contributed by atoms with Crippen LogP contribution in [0.5, 0.6) is 0 Å². The summed E-state index contributed by atoms with van der Waals surface area (Å²) in [4.78, 5) is 9.59.